The van der Waals surface area contributed by atoms with E-state index in [-0.39, 0.29) is 11.3 Å². The van der Waals surface area contributed by atoms with E-state index in [2.05, 4.69) is 15.4 Å². The van der Waals surface area contributed by atoms with Gasteiger partial charge in [0.2, 0.25) is 0 Å². The minimum absolute atomic E-state index is 0.124. The third-order valence-electron chi connectivity index (χ3n) is 3.08. The Bertz CT molecular complexity index is 977. The van der Waals surface area contributed by atoms with E-state index in [1.54, 1.807) is 37.4 Å². The molecule has 0 fully saturated rings. The number of fused-ring (bicyclic) bond motifs is 1. The predicted octanol–water partition coefficient (Wildman–Crippen LogP) is 1.45. The van der Waals surface area contributed by atoms with E-state index in [0.29, 0.717) is 22.5 Å². The Morgan fingerprint density at radius 1 is 1.41 bits per heavy atom. The number of nitrogens with zero attached hydrogens (tertiary/aromatic N) is 3. The Balaban J connectivity index is 1.94. The van der Waals surface area contributed by atoms with E-state index in [1.165, 1.54) is 10.6 Å². The van der Waals surface area contributed by atoms with E-state index >= 15 is 0 Å². The number of rotatable bonds is 2. The summed E-state index contributed by atoms with van der Waals surface area (Å²) >= 11 is 0. The fourth-order valence-corrected chi connectivity index (χ4v) is 2.09. The van der Waals surface area contributed by atoms with Gasteiger partial charge in [0, 0.05) is 23.6 Å². The molecule has 0 radical (unpaired) electrons. The van der Waals surface area contributed by atoms with Gasteiger partial charge in [0.1, 0.15) is 5.52 Å². The monoisotopic (exact) mass is 293 g/mol. The molecule has 3 rings (SSSR count). The number of aryl methyl sites for hydroxylation is 1. The Labute approximate surface area is 124 Å². The van der Waals surface area contributed by atoms with E-state index in [0.717, 1.165) is 0 Å². The van der Waals surface area contributed by atoms with Crippen LogP contribution in [0.4, 0.5) is 5.69 Å². The number of nitriles is 1. The zero-order chi connectivity index (χ0) is 15.7. The molecule has 2 aromatic heterocycles. The number of carbonyl (C=O) groups excluding carboxylic acids is 1. The summed E-state index contributed by atoms with van der Waals surface area (Å²) in [6, 6.07) is 9.96. The number of carbonyl (C=O) groups is 1. The molecule has 0 aliphatic carbocycles. The van der Waals surface area contributed by atoms with Gasteiger partial charge in [-0.3, -0.25) is 9.59 Å². The van der Waals surface area contributed by atoms with Crippen LogP contribution in [0.3, 0.4) is 0 Å². The number of nitrogens with one attached hydrogen (secondary N) is 2. The standard InChI is InChI=1S/C15H11N5O2/c1-9-8-20-13(15(22)17-9)6-12(19-20)14(21)18-11-4-2-3-10(5-11)7-16/h2-6,8H,1H3,(H,17,22)(H,18,21). The van der Waals surface area contributed by atoms with Crippen molar-refractivity contribution in [2.24, 2.45) is 0 Å². The summed E-state index contributed by atoms with van der Waals surface area (Å²) in [5, 5.41) is 15.6. The van der Waals surface area contributed by atoms with Crippen LogP contribution in [0.5, 0.6) is 0 Å². The molecule has 1 amide bonds. The van der Waals surface area contributed by atoms with E-state index in [1.807, 2.05) is 6.07 Å². The molecule has 0 aliphatic heterocycles. The van der Waals surface area contributed by atoms with E-state index in [9.17, 15) is 9.59 Å². The number of aromatic nitrogens is 3. The molecular formula is C15H11N5O2. The molecule has 0 bridgehead atoms. The molecule has 3 aromatic rings. The summed E-state index contributed by atoms with van der Waals surface area (Å²) in [4.78, 5) is 26.6. The van der Waals surface area contributed by atoms with Crippen molar-refractivity contribution in [3.8, 4) is 6.07 Å². The Kier molecular flexibility index (Phi) is 3.20. The molecule has 0 saturated carbocycles. The van der Waals surface area contributed by atoms with Crippen molar-refractivity contribution < 1.29 is 4.79 Å². The zero-order valence-corrected chi connectivity index (χ0v) is 11.6. The number of H-pyrrole nitrogens is 1. The quantitative estimate of drug-likeness (QED) is 0.746. The van der Waals surface area contributed by atoms with Crippen LogP contribution in [0.15, 0.2) is 41.3 Å². The lowest BCUT2D eigenvalue weighted by atomic mass is 10.2. The first-order chi connectivity index (χ1) is 10.6. The highest BCUT2D eigenvalue weighted by Gasteiger charge is 2.13. The van der Waals surface area contributed by atoms with Gasteiger partial charge in [-0.25, -0.2) is 4.52 Å². The molecule has 7 heteroatoms. The van der Waals surface area contributed by atoms with Crippen molar-refractivity contribution in [1.29, 1.82) is 5.26 Å². The number of aromatic amines is 1. The van der Waals surface area contributed by atoms with Gasteiger partial charge in [0.15, 0.2) is 5.69 Å². The van der Waals surface area contributed by atoms with Crippen LogP contribution in [0.1, 0.15) is 21.7 Å². The summed E-state index contributed by atoms with van der Waals surface area (Å²) < 4.78 is 1.37. The van der Waals surface area contributed by atoms with Gasteiger partial charge in [0.05, 0.1) is 11.6 Å². The van der Waals surface area contributed by atoms with Crippen molar-refractivity contribution in [3.05, 3.63) is 63.8 Å². The maximum Gasteiger partial charge on any atom is 0.276 e. The number of hydrogen-bond donors (Lipinski definition) is 2. The molecule has 0 saturated heterocycles. The molecule has 108 valence electrons. The molecule has 7 nitrogen and oxygen atoms in total. The molecule has 0 atom stereocenters. The highest BCUT2D eigenvalue weighted by molar-refractivity contribution is 6.03. The molecule has 2 N–H and O–H groups in total. The van der Waals surface area contributed by atoms with Crippen LogP contribution in [-0.2, 0) is 0 Å². The largest absolute Gasteiger partial charge is 0.323 e. The lowest BCUT2D eigenvalue weighted by Gasteiger charge is -2.02. The van der Waals surface area contributed by atoms with Crippen molar-refractivity contribution >= 4 is 17.1 Å². The van der Waals surface area contributed by atoms with Crippen molar-refractivity contribution in [2.45, 2.75) is 6.92 Å². The Morgan fingerprint density at radius 2 is 2.23 bits per heavy atom. The molecular weight excluding hydrogens is 282 g/mol. The SMILES string of the molecule is Cc1cn2nc(C(=O)Nc3cccc(C#N)c3)cc2c(=O)[nH]1. The van der Waals surface area contributed by atoms with Crippen LogP contribution in [0.2, 0.25) is 0 Å². The summed E-state index contributed by atoms with van der Waals surface area (Å²) in [6.07, 6.45) is 1.63. The van der Waals surface area contributed by atoms with Gasteiger partial charge in [0.25, 0.3) is 11.5 Å². The summed E-state index contributed by atoms with van der Waals surface area (Å²) in [5.41, 5.74) is 1.69. The first-order valence-electron chi connectivity index (χ1n) is 6.47. The lowest BCUT2D eigenvalue weighted by molar-refractivity contribution is 0.102. The molecule has 0 spiro atoms. The van der Waals surface area contributed by atoms with E-state index in [4.69, 9.17) is 5.26 Å². The van der Waals surface area contributed by atoms with Crippen molar-refractivity contribution in [1.82, 2.24) is 14.6 Å². The topological polar surface area (TPSA) is 103 Å². The fourth-order valence-electron chi connectivity index (χ4n) is 2.09. The highest BCUT2D eigenvalue weighted by atomic mass is 16.2. The molecule has 22 heavy (non-hydrogen) atoms. The van der Waals surface area contributed by atoms with Gasteiger partial charge in [-0.05, 0) is 25.1 Å². The maximum atomic E-state index is 12.2. The van der Waals surface area contributed by atoms with E-state index < -0.39 is 5.91 Å². The van der Waals surface area contributed by atoms with Crippen molar-refractivity contribution in [2.75, 3.05) is 5.32 Å². The van der Waals surface area contributed by atoms with Crippen LogP contribution < -0.4 is 10.9 Å². The first-order valence-corrected chi connectivity index (χ1v) is 6.47. The summed E-state index contributed by atoms with van der Waals surface area (Å²) in [6.45, 7) is 1.73. The second-order valence-corrected chi connectivity index (χ2v) is 4.77. The third-order valence-corrected chi connectivity index (χ3v) is 3.08. The number of hydrogen-bond acceptors (Lipinski definition) is 4. The van der Waals surface area contributed by atoms with Crippen LogP contribution >= 0.6 is 0 Å². The molecule has 1 aromatic carbocycles. The first kappa shape index (κ1) is 13.6. The Hall–Kier alpha value is -3.40. The zero-order valence-electron chi connectivity index (χ0n) is 11.6. The second-order valence-electron chi connectivity index (χ2n) is 4.77. The Morgan fingerprint density at radius 3 is 3.00 bits per heavy atom. The lowest BCUT2D eigenvalue weighted by Crippen LogP contribution is -2.12. The van der Waals surface area contributed by atoms with Gasteiger partial charge >= 0.3 is 0 Å². The summed E-state index contributed by atoms with van der Waals surface area (Å²) in [7, 11) is 0. The maximum absolute atomic E-state index is 12.2. The minimum atomic E-state index is -0.448. The van der Waals surface area contributed by atoms with Crippen LogP contribution in [0, 0.1) is 18.3 Å². The highest BCUT2D eigenvalue weighted by Crippen LogP contribution is 2.12. The summed E-state index contributed by atoms with van der Waals surface area (Å²) in [5.74, 6) is -0.448. The van der Waals surface area contributed by atoms with Gasteiger partial charge < -0.3 is 10.3 Å². The van der Waals surface area contributed by atoms with Crippen LogP contribution in [-0.4, -0.2) is 20.5 Å². The smallest absolute Gasteiger partial charge is 0.276 e. The molecule has 0 unspecified atom stereocenters. The third kappa shape index (κ3) is 2.45. The fraction of sp³-hybridized carbons (Fsp3) is 0.0667. The van der Waals surface area contributed by atoms with Crippen LogP contribution in [0.25, 0.3) is 5.52 Å². The average molecular weight is 293 g/mol. The van der Waals surface area contributed by atoms with Crippen molar-refractivity contribution in [3.63, 3.8) is 0 Å². The normalized spacial score (nSPS) is 10.4. The van der Waals surface area contributed by atoms with Gasteiger partial charge in [-0.2, -0.15) is 10.4 Å². The number of anilines is 1. The average Bonchev–Trinajstić information content (AvgIpc) is 2.92. The van der Waals surface area contributed by atoms with Gasteiger partial charge in [-0.1, -0.05) is 6.07 Å². The predicted molar refractivity (Wildman–Crippen MR) is 79.7 cm³/mol. The van der Waals surface area contributed by atoms with Gasteiger partial charge in [-0.15, -0.1) is 0 Å². The number of benzene rings is 1. The minimum Gasteiger partial charge on any atom is -0.323 e. The number of amides is 1. The molecule has 2 heterocycles. The second kappa shape index (κ2) is 5.18. The molecule has 0 aliphatic rings.